The number of likely N-dealkylation sites (tertiary alicyclic amines) is 2. The normalized spacial score (nSPS) is 53.2. The summed E-state index contributed by atoms with van der Waals surface area (Å²) in [7, 11) is 4.85. The topological polar surface area (TPSA) is 6.48 Å². The van der Waals surface area contributed by atoms with Crippen LogP contribution in [0.5, 0.6) is 0 Å². The fourth-order valence-electron chi connectivity index (χ4n) is 6.64. The molecule has 1 spiro atoms. The van der Waals surface area contributed by atoms with E-state index in [1.807, 2.05) is 0 Å². The van der Waals surface area contributed by atoms with E-state index in [4.69, 9.17) is 0 Å². The van der Waals surface area contributed by atoms with Crippen LogP contribution in [-0.2, 0) is 0 Å². The zero-order valence-corrected chi connectivity index (χ0v) is 13.6. The third-order valence-corrected chi connectivity index (χ3v) is 7.57. The molecule has 4 fully saturated rings. The minimum Gasteiger partial charge on any atom is -0.303 e. The van der Waals surface area contributed by atoms with Gasteiger partial charge in [0.2, 0.25) is 0 Å². The van der Waals surface area contributed by atoms with Crippen molar-refractivity contribution >= 4 is 0 Å². The highest BCUT2D eigenvalue weighted by Gasteiger charge is 2.56. The molecule has 0 radical (unpaired) electrons. The predicted molar refractivity (Wildman–Crippen MR) is 83.7 cm³/mol. The van der Waals surface area contributed by atoms with Crippen molar-refractivity contribution in [2.24, 2.45) is 23.7 Å². The smallest absolute Gasteiger partial charge is 0.0249 e. The summed E-state index contributed by atoms with van der Waals surface area (Å²) >= 11 is 0. The molecule has 0 N–H and O–H groups in total. The number of rotatable bonds is 0. The molecule has 0 aromatic heterocycles. The van der Waals surface area contributed by atoms with Gasteiger partial charge < -0.3 is 9.80 Å². The zero-order valence-electron chi connectivity index (χ0n) is 13.6. The van der Waals surface area contributed by atoms with Gasteiger partial charge in [-0.05, 0) is 82.8 Å². The third-order valence-electron chi connectivity index (χ3n) is 7.57. The lowest BCUT2D eigenvalue weighted by Gasteiger charge is -2.64. The Bertz CT molecular complexity index is 382. The molecule has 6 atom stereocenters. The first-order valence-corrected chi connectivity index (χ1v) is 9.01. The second kappa shape index (κ2) is 4.71. The Morgan fingerprint density at radius 2 is 1.90 bits per heavy atom. The molecule has 0 aromatic rings. The highest BCUT2D eigenvalue weighted by Crippen LogP contribution is 2.56. The van der Waals surface area contributed by atoms with Crippen molar-refractivity contribution in [2.45, 2.75) is 63.5 Å². The molecule has 2 heteroatoms. The van der Waals surface area contributed by atoms with Gasteiger partial charge in [-0.2, -0.15) is 0 Å². The molecule has 4 rings (SSSR count). The van der Waals surface area contributed by atoms with Crippen molar-refractivity contribution in [1.29, 1.82) is 0 Å². The molecule has 2 aliphatic heterocycles. The minimum atomic E-state index is 0.565. The fraction of sp³-hybridized carbons (Fsp3) is 1.00. The van der Waals surface area contributed by atoms with Gasteiger partial charge in [-0.1, -0.05) is 13.3 Å². The summed E-state index contributed by atoms with van der Waals surface area (Å²) in [6, 6.07) is 0.909. The van der Waals surface area contributed by atoms with Gasteiger partial charge in [-0.3, -0.25) is 0 Å². The highest BCUT2D eigenvalue weighted by molar-refractivity contribution is 5.10. The van der Waals surface area contributed by atoms with E-state index < -0.39 is 0 Å². The maximum atomic E-state index is 2.78. The van der Waals surface area contributed by atoms with Crippen molar-refractivity contribution in [1.82, 2.24) is 9.80 Å². The van der Waals surface area contributed by atoms with Crippen LogP contribution in [0.4, 0.5) is 0 Å². The molecule has 2 saturated carbocycles. The molecular weight excluding hydrogens is 244 g/mol. The van der Waals surface area contributed by atoms with Crippen LogP contribution >= 0.6 is 0 Å². The molecule has 2 bridgehead atoms. The lowest BCUT2D eigenvalue weighted by Crippen LogP contribution is -2.67. The van der Waals surface area contributed by atoms with E-state index in [2.05, 4.69) is 30.8 Å². The van der Waals surface area contributed by atoms with Gasteiger partial charge in [0.05, 0.1) is 0 Å². The molecule has 0 aromatic carbocycles. The van der Waals surface area contributed by atoms with Gasteiger partial charge in [0.15, 0.2) is 0 Å². The van der Waals surface area contributed by atoms with Crippen LogP contribution in [0, 0.1) is 23.7 Å². The van der Waals surface area contributed by atoms with Crippen LogP contribution in [0.2, 0.25) is 0 Å². The number of hydrogen-bond acceptors (Lipinski definition) is 2. The second-order valence-electron chi connectivity index (χ2n) is 8.63. The lowest BCUT2D eigenvalue weighted by molar-refractivity contribution is -0.128. The molecule has 2 aliphatic carbocycles. The van der Waals surface area contributed by atoms with E-state index >= 15 is 0 Å². The number of hydrogen-bond donors (Lipinski definition) is 0. The molecule has 0 amide bonds. The summed E-state index contributed by atoms with van der Waals surface area (Å²) < 4.78 is 0. The Hall–Kier alpha value is -0.0800. The predicted octanol–water partition coefficient (Wildman–Crippen LogP) is 3.23. The van der Waals surface area contributed by atoms with Gasteiger partial charge in [0.25, 0.3) is 0 Å². The first-order valence-electron chi connectivity index (χ1n) is 9.01. The Morgan fingerprint density at radius 3 is 2.70 bits per heavy atom. The zero-order chi connectivity index (χ0) is 13.9. The highest BCUT2D eigenvalue weighted by atomic mass is 15.2. The van der Waals surface area contributed by atoms with E-state index in [1.165, 1.54) is 58.0 Å². The molecular formula is C18H32N2. The Balaban J connectivity index is 1.68. The van der Waals surface area contributed by atoms with E-state index in [0.29, 0.717) is 5.54 Å². The summed E-state index contributed by atoms with van der Waals surface area (Å²) in [4.78, 5) is 5.54. The SMILES string of the molecule is C[C@@H]1CC2C[C@]3(CCCCN3C)[C@@H]3C[C@H]2[C@H](C1)N(C)C3. The Labute approximate surface area is 124 Å². The summed E-state index contributed by atoms with van der Waals surface area (Å²) in [6.07, 6.45) is 10.4. The van der Waals surface area contributed by atoms with Gasteiger partial charge in [-0.25, -0.2) is 0 Å². The van der Waals surface area contributed by atoms with Gasteiger partial charge in [-0.15, -0.1) is 0 Å². The summed E-state index contributed by atoms with van der Waals surface area (Å²) in [5.74, 6) is 3.94. The second-order valence-corrected chi connectivity index (χ2v) is 8.63. The lowest BCUT2D eigenvalue weighted by atomic mass is 9.53. The molecule has 2 saturated heterocycles. The maximum absolute atomic E-state index is 2.78. The number of piperidine rings is 2. The van der Waals surface area contributed by atoms with Crippen LogP contribution in [0.25, 0.3) is 0 Å². The third kappa shape index (κ3) is 1.83. The quantitative estimate of drug-likeness (QED) is 0.670. The van der Waals surface area contributed by atoms with E-state index in [0.717, 1.165) is 29.7 Å². The first kappa shape index (κ1) is 13.6. The molecule has 20 heavy (non-hydrogen) atoms. The van der Waals surface area contributed by atoms with Crippen molar-refractivity contribution in [3.63, 3.8) is 0 Å². The van der Waals surface area contributed by atoms with Crippen molar-refractivity contribution in [3.8, 4) is 0 Å². The van der Waals surface area contributed by atoms with E-state index in [-0.39, 0.29) is 0 Å². The summed E-state index contributed by atoms with van der Waals surface area (Å²) in [5.41, 5.74) is 0.565. The fourth-order valence-corrected chi connectivity index (χ4v) is 6.64. The molecule has 2 heterocycles. The first-order chi connectivity index (χ1) is 9.60. The van der Waals surface area contributed by atoms with Gasteiger partial charge >= 0.3 is 0 Å². The molecule has 4 aliphatic rings. The van der Waals surface area contributed by atoms with E-state index in [9.17, 15) is 0 Å². The minimum absolute atomic E-state index is 0.565. The van der Waals surface area contributed by atoms with Crippen LogP contribution < -0.4 is 0 Å². The maximum Gasteiger partial charge on any atom is 0.0249 e. The Morgan fingerprint density at radius 1 is 1.05 bits per heavy atom. The standard InChI is InChI=1S/C18H32N2/c1-13-8-14-11-18(6-4-5-7-20(18)3)15-10-16(14)17(9-13)19(2)12-15/h13-17H,4-12H2,1-3H3/t13-,14?,15-,16-,17+,18-/m1/s1. The van der Waals surface area contributed by atoms with Crippen molar-refractivity contribution in [3.05, 3.63) is 0 Å². The van der Waals surface area contributed by atoms with Crippen molar-refractivity contribution in [2.75, 3.05) is 27.2 Å². The average Bonchev–Trinajstić information content (AvgIpc) is 2.42. The van der Waals surface area contributed by atoms with Crippen LogP contribution in [-0.4, -0.2) is 48.6 Å². The van der Waals surface area contributed by atoms with Crippen LogP contribution in [0.15, 0.2) is 0 Å². The van der Waals surface area contributed by atoms with Crippen molar-refractivity contribution < 1.29 is 0 Å². The number of fused-ring (bicyclic) bond motifs is 2. The molecule has 114 valence electrons. The van der Waals surface area contributed by atoms with Gasteiger partial charge in [0, 0.05) is 18.1 Å². The summed E-state index contributed by atoms with van der Waals surface area (Å²) in [5, 5.41) is 0. The largest absolute Gasteiger partial charge is 0.303 e. The monoisotopic (exact) mass is 276 g/mol. The van der Waals surface area contributed by atoms with Crippen LogP contribution in [0.1, 0.15) is 51.9 Å². The van der Waals surface area contributed by atoms with E-state index in [1.54, 1.807) is 0 Å². The molecule has 2 nitrogen and oxygen atoms in total. The average molecular weight is 276 g/mol. The Kier molecular flexibility index (Phi) is 3.20. The number of nitrogens with zero attached hydrogens (tertiary/aromatic N) is 2. The van der Waals surface area contributed by atoms with Gasteiger partial charge in [0.1, 0.15) is 0 Å². The summed E-state index contributed by atoms with van der Waals surface area (Å²) in [6.45, 7) is 5.21. The molecule has 1 unspecified atom stereocenters. The van der Waals surface area contributed by atoms with Crippen LogP contribution in [0.3, 0.4) is 0 Å².